The summed E-state index contributed by atoms with van der Waals surface area (Å²) in [6, 6.07) is 8.32. The molecule has 0 saturated heterocycles. The zero-order chi connectivity index (χ0) is 20.6. The molecule has 0 radical (unpaired) electrons. The Hall–Kier alpha value is -3.08. The van der Waals surface area contributed by atoms with Crippen molar-refractivity contribution in [3.05, 3.63) is 74.5 Å². The Labute approximate surface area is 165 Å². The van der Waals surface area contributed by atoms with Crippen molar-refractivity contribution < 1.29 is 0 Å². The van der Waals surface area contributed by atoms with Crippen molar-refractivity contribution in [3.8, 4) is 0 Å². The first-order chi connectivity index (χ1) is 13.2. The van der Waals surface area contributed by atoms with Crippen LogP contribution in [-0.4, -0.2) is 20.0 Å². The van der Waals surface area contributed by atoms with Gasteiger partial charge in [-0.15, -0.1) is 0 Å². The van der Waals surface area contributed by atoms with Crippen molar-refractivity contribution in [2.24, 2.45) is 7.05 Å². The normalized spacial score (nSPS) is 10.8. The predicted octanol–water partition coefficient (Wildman–Crippen LogP) is 4.41. The zero-order valence-electron chi connectivity index (χ0n) is 17.6. The molecule has 0 bridgehead atoms. The van der Waals surface area contributed by atoms with Crippen molar-refractivity contribution in [3.63, 3.8) is 0 Å². The Morgan fingerprint density at radius 2 is 1.25 bits per heavy atom. The molecule has 4 aromatic rings. The Kier molecular flexibility index (Phi) is 5.27. The van der Waals surface area contributed by atoms with Crippen LogP contribution in [-0.2, 0) is 7.05 Å². The van der Waals surface area contributed by atoms with E-state index >= 15 is 0 Å². The highest BCUT2D eigenvalue weighted by Gasteiger charge is 2.07. The lowest BCUT2D eigenvalue weighted by atomic mass is 10.0. The van der Waals surface area contributed by atoms with E-state index in [9.17, 15) is 4.79 Å². The van der Waals surface area contributed by atoms with Gasteiger partial charge >= 0.3 is 0 Å². The number of nitrogens with zero attached hydrogens (tertiary/aromatic N) is 4. The monoisotopic (exact) mass is 374 g/mol. The maximum absolute atomic E-state index is 11.8. The number of benzene rings is 2. The molecule has 144 valence electrons. The summed E-state index contributed by atoms with van der Waals surface area (Å²) < 4.78 is 1.40. The van der Waals surface area contributed by atoms with Gasteiger partial charge in [0.05, 0.1) is 23.0 Å². The third kappa shape index (κ3) is 3.65. The lowest BCUT2D eigenvalue weighted by molar-refractivity contribution is 0.704. The first-order valence-corrected chi connectivity index (χ1v) is 9.33. The van der Waals surface area contributed by atoms with Crippen LogP contribution in [0, 0.1) is 41.5 Å². The number of aromatic nitrogens is 4. The fraction of sp³-hybridized carbons (Fsp3) is 0.304. The molecule has 2 heterocycles. The third-order valence-corrected chi connectivity index (χ3v) is 5.31. The molecule has 0 atom stereocenters. The van der Waals surface area contributed by atoms with Gasteiger partial charge in [0.2, 0.25) is 0 Å². The molecule has 0 unspecified atom stereocenters. The summed E-state index contributed by atoms with van der Waals surface area (Å²) >= 11 is 0. The molecular weight excluding hydrogens is 348 g/mol. The first kappa shape index (κ1) is 19.7. The van der Waals surface area contributed by atoms with Crippen LogP contribution < -0.4 is 5.56 Å². The molecule has 5 nitrogen and oxygen atoms in total. The van der Waals surface area contributed by atoms with Crippen molar-refractivity contribution in [2.75, 3.05) is 0 Å². The molecule has 0 fully saturated rings. The van der Waals surface area contributed by atoms with E-state index in [2.05, 4.69) is 41.3 Å². The fourth-order valence-electron chi connectivity index (χ4n) is 3.28. The van der Waals surface area contributed by atoms with Crippen LogP contribution in [0.2, 0.25) is 0 Å². The molecule has 4 rings (SSSR count). The molecule has 0 amide bonds. The minimum absolute atomic E-state index is 0.0290. The molecule has 28 heavy (non-hydrogen) atoms. The Balaban J connectivity index is 0.000000162. The number of hydrogen-bond acceptors (Lipinski definition) is 4. The standard InChI is InChI=1S/C12H14N2O.C11H12N2/c1-7-5-10-9(3)13-14(4)12(15)11(10)6-8(7)2;1-7-4-10-6-12-13-9(3)11(10)5-8(7)2/h5-6H,1-4H3;4-6H,1-3H3. The van der Waals surface area contributed by atoms with E-state index < -0.39 is 0 Å². The number of rotatable bonds is 0. The van der Waals surface area contributed by atoms with Gasteiger partial charge in [0, 0.05) is 23.2 Å². The highest BCUT2D eigenvalue weighted by atomic mass is 16.1. The summed E-state index contributed by atoms with van der Waals surface area (Å²) in [5, 5.41) is 16.2. The highest BCUT2D eigenvalue weighted by Crippen LogP contribution is 2.20. The summed E-state index contributed by atoms with van der Waals surface area (Å²) in [5.41, 5.74) is 6.82. The van der Waals surface area contributed by atoms with Crippen molar-refractivity contribution in [1.82, 2.24) is 20.0 Å². The molecule has 0 aliphatic rings. The van der Waals surface area contributed by atoms with Crippen molar-refractivity contribution >= 4 is 21.5 Å². The first-order valence-electron chi connectivity index (χ1n) is 9.33. The van der Waals surface area contributed by atoms with E-state index in [1.54, 1.807) is 7.05 Å². The van der Waals surface area contributed by atoms with Gasteiger partial charge < -0.3 is 0 Å². The van der Waals surface area contributed by atoms with E-state index in [1.165, 1.54) is 32.1 Å². The lowest BCUT2D eigenvalue weighted by Gasteiger charge is -2.07. The molecule has 5 heteroatoms. The Morgan fingerprint density at radius 1 is 0.714 bits per heavy atom. The number of fused-ring (bicyclic) bond motifs is 2. The van der Waals surface area contributed by atoms with Gasteiger partial charge in [0.15, 0.2) is 0 Å². The minimum atomic E-state index is -0.0290. The highest BCUT2D eigenvalue weighted by molar-refractivity contribution is 5.85. The molecule has 0 N–H and O–H groups in total. The second-order valence-electron chi connectivity index (χ2n) is 7.45. The van der Waals surface area contributed by atoms with Gasteiger partial charge in [0.1, 0.15) is 0 Å². The van der Waals surface area contributed by atoms with Gasteiger partial charge in [0.25, 0.3) is 5.56 Å². The molecule has 0 aliphatic carbocycles. The number of hydrogen-bond donors (Lipinski definition) is 0. The average molecular weight is 374 g/mol. The van der Waals surface area contributed by atoms with Crippen molar-refractivity contribution in [2.45, 2.75) is 41.5 Å². The maximum atomic E-state index is 11.8. The summed E-state index contributed by atoms with van der Waals surface area (Å²) in [6.07, 6.45) is 1.81. The Morgan fingerprint density at radius 3 is 1.89 bits per heavy atom. The van der Waals surface area contributed by atoms with Gasteiger partial charge in [-0.1, -0.05) is 0 Å². The van der Waals surface area contributed by atoms with E-state index in [0.29, 0.717) is 0 Å². The molecular formula is C23H26N4O. The van der Waals surface area contributed by atoms with Crippen LogP contribution in [0.3, 0.4) is 0 Å². The zero-order valence-corrected chi connectivity index (χ0v) is 17.6. The maximum Gasteiger partial charge on any atom is 0.274 e. The van der Waals surface area contributed by atoms with Crippen LogP contribution in [0.1, 0.15) is 33.6 Å². The largest absolute Gasteiger partial charge is 0.274 e. The quantitative estimate of drug-likeness (QED) is 0.457. The second kappa shape index (κ2) is 7.50. The molecule has 2 aromatic heterocycles. The third-order valence-electron chi connectivity index (χ3n) is 5.31. The van der Waals surface area contributed by atoms with Crippen LogP contribution >= 0.6 is 0 Å². The molecule has 0 aliphatic heterocycles. The SMILES string of the molecule is Cc1cc2c(C)nn(C)c(=O)c2cc1C.Cc1cc2cnnc(C)c2cc1C. The lowest BCUT2D eigenvalue weighted by Crippen LogP contribution is -2.20. The molecule has 2 aromatic carbocycles. The van der Waals surface area contributed by atoms with Gasteiger partial charge in [-0.25, -0.2) is 4.68 Å². The second-order valence-corrected chi connectivity index (χ2v) is 7.45. The van der Waals surface area contributed by atoms with E-state index in [-0.39, 0.29) is 5.56 Å². The summed E-state index contributed by atoms with van der Waals surface area (Å²) in [7, 11) is 1.68. The van der Waals surface area contributed by atoms with E-state index in [1.807, 2.05) is 46.0 Å². The summed E-state index contributed by atoms with van der Waals surface area (Å²) in [5.74, 6) is 0. The summed E-state index contributed by atoms with van der Waals surface area (Å²) in [6.45, 7) is 12.2. The molecule has 0 saturated carbocycles. The van der Waals surface area contributed by atoms with Crippen LogP contribution in [0.5, 0.6) is 0 Å². The smallest absolute Gasteiger partial charge is 0.267 e. The Bertz CT molecular complexity index is 1260. The van der Waals surface area contributed by atoms with Gasteiger partial charge in [-0.05, 0) is 88.1 Å². The topological polar surface area (TPSA) is 60.7 Å². The van der Waals surface area contributed by atoms with E-state index in [4.69, 9.17) is 0 Å². The van der Waals surface area contributed by atoms with Crippen LogP contribution in [0.25, 0.3) is 21.5 Å². The van der Waals surface area contributed by atoms with Crippen molar-refractivity contribution in [1.29, 1.82) is 0 Å². The summed E-state index contributed by atoms with van der Waals surface area (Å²) in [4.78, 5) is 11.8. The van der Waals surface area contributed by atoms with Crippen LogP contribution in [0.4, 0.5) is 0 Å². The van der Waals surface area contributed by atoms with E-state index in [0.717, 1.165) is 27.7 Å². The average Bonchev–Trinajstić information content (AvgIpc) is 2.64. The minimum Gasteiger partial charge on any atom is -0.267 e. The van der Waals surface area contributed by atoms with Gasteiger partial charge in [-0.3, -0.25) is 4.79 Å². The number of aryl methyl sites for hydroxylation is 7. The molecule has 0 spiro atoms. The van der Waals surface area contributed by atoms with Gasteiger partial charge in [-0.2, -0.15) is 15.3 Å². The van der Waals surface area contributed by atoms with Crippen LogP contribution in [0.15, 0.2) is 35.3 Å². The predicted molar refractivity (Wildman–Crippen MR) is 115 cm³/mol. The fourth-order valence-corrected chi connectivity index (χ4v) is 3.28.